The van der Waals surface area contributed by atoms with Crippen LogP contribution in [0.25, 0.3) is 0 Å². The molecule has 0 unspecified atom stereocenters. The average Bonchev–Trinajstić information content (AvgIpc) is 2.10. The zero-order chi connectivity index (χ0) is 8.69. The van der Waals surface area contributed by atoms with Crippen LogP contribution < -0.4 is 0 Å². The molecule has 1 aromatic heterocycles. The SMILES string of the molecule is CC(=O)c1ccncc1.CF.S. The second kappa shape index (κ2) is 8.20. The van der Waals surface area contributed by atoms with Gasteiger partial charge < -0.3 is 0 Å². The number of carbonyl (C=O) groups is 1. The maximum Gasteiger partial charge on any atom is 0.159 e. The van der Waals surface area contributed by atoms with E-state index in [1.807, 2.05) is 0 Å². The quantitative estimate of drug-likeness (QED) is 0.632. The van der Waals surface area contributed by atoms with Gasteiger partial charge in [0.25, 0.3) is 0 Å². The first kappa shape index (κ1) is 13.7. The number of nitrogens with zero attached hydrogens (tertiary/aromatic N) is 1. The fourth-order valence-corrected chi connectivity index (χ4v) is 0.587. The monoisotopic (exact) mass is 189 g/mol. The van der Waals surface area contributed by atoms with Crippen molar-refractivity contribution in [3.63, 3.8) is 0 Å². The van der Waals surface area contributed by atoms with Crippen molar-refractivity contribution in [2.24, 2.45) is 0 Å². The smallest absolute Gasteiger partial charge is 0.159 e. The number of Topliss-reactive ketones (excluding diaryl/α,β-unsaturated/α-hetero) is 1. The van der Waals surface area contributed by atoms with Crippen molar-refractivity contribution < 1.29 is 9.18 Å². The summed E-state index contributed by atoms with van der Waals surface area (Å²) < 4.78 is 9.50. The van der Waals surface area contributed by atoms with Crippen LogP contribution >= 0.6 is 13.5 Å². The molecule has 2 nitrogen and oxygen atoms in total. The van der Waals surface area contributed by atoms with Crippen LogP contribution in [0.5, 0.6) is 0 Å². The highest BCUT2D eigenvalue weighted by molar-refractivity contribution is 7.59. The Morgan fingerprint density at radius 3 is 2.00 bits per heavy atom. The minimum atomic E-state index is 0. The Kier molecular flexibility index (Phi) is 9.34. The zero-order valence-electron chi connectivity index (χ0n) is 7.04. The lowest BCUT2D eigenvalue weighted by Crippen LogP contribution is -1.89. The lowest BCUT2D eigenvalue weighted by Gasteiger charge is -1.88. The Morgan fingerprint density at radius 1 is 1.33 bits per heavy atom. The molecule has 0 amide bonds. The molecule has 0 fully saturated rings. The zero-order valence-corrected chi connectivity index (χ0v) is 8.04. The van der Waals surface area contributed by atoms with Crippen molar-refractivity contribution in [3.05, 3.63) is 30.1 Å². The van der Waals surface area contributed by atoms with Crippen molar-refractivity contribution in [1.29, 1.82) is 0 Å². The van der Waals surface area contributed by atoms with Gasteiger partial charge in [0.15, 0.2) is 5.78 Å². The van der Waals surface area contributed by atoms with E-state index < -0.39 is 0 Å². The van der Waals surface area contributed by atoms with Gasteiger partial charge >= 0.3 is 0 Å². The van der Waals surface area contributed by atoms with Crippen LogP contribution in [-0.4, -0.2) is 17.9 Å². The highest BCUT2D eigenvalue weighted by Gasteiger charge is 1.93. The average molecular weight is 189 g/mol. The topological polar surface area (TPSA) is 30.0 Å². The molecule has 68 valence electrons. The molecule has 0 bridgehead atoms. The van der Waals surface area contributed by atoms with Crippen molar-refractivity contribution in [2.75, 3.05) is 7.18 Å². The van der Waals surface area contributed by atoms with Crippen LogP contribution in [0.15, 0.2) is 24.5 Å². The van der Waals surface area contributed by atoms with Crippen LogP contribution in [0.1, 0.15) is 17.3 Å². The van der Waals surface area contributed by atoms with Gasteiger partial charge in [-0.15, -0.1) is 0 Å². The second-order valence-electron chi connectivity index (χ2n) is 1.79. The van der Waals surface area contributed by atoms with Crippen molar-refractivity contribution in [1.82, 2.24) is 4.98 Å². The molecule has 0 aliphatic rings. The number of carbonyl (C=O) groups excluding carboxylic acids is 1. The Hall–Kier alpha value is -0.900. The van der Waals surface area contributed by atoms with Crippen LogP contribution in [-0.2, 0) is 0 Å². The molecule has 4 heteroatoms. The molecule has 12 heavy (non-hydrogen) atoms. The van der Waals surface area contributed by atoms with Gasteiger partial charge in [-0.3, -0.25) is 14.2 Å². The van der Waals surface area contributed by atoms with E-state index in [0.29, 0.717) is 12.7 Å². The molecule has 0 saturated carbocycles. The molecule has 0 saturated heterocycles. The van der Waals surface area contributed by atoms with E-state index in [1.165, 1.54) is 6.92 Å². The molecule has 0 aliphatic carbocycles. The Bertz CT molecular complexity index is 216. The summed E-state index contributed by atoms with van der Waals surface area (Å²) in [7, 11) is 0.500. The van der Waals surface area contributed by atoms with Gasteiger partial charge in [0.1, 0.15) is 0 Å². The maximum absolute atomic E-state index is 10.6. The molecule has 0 radical (unpaired) electrons. The summed E-state index contributed by atoms with van der Waals surface area (Å²) in [5.41, 5.74) is 0.713. The van der Waals surface area contributed by atoms with Gasteiger partial charge in [-0.2, -0.15) is 13.5 Å². The first-order valence-corrected chi connectivity index (χ1v) is 3.09. The number of aromatic nitrogens is 1. The van der Waals surface area contributed by atoms with Gasteiger partial charge in [0.2, 0.25) is 0 Å². The van der Waals surface area contributed by atoms with Gasteiger partial charge in [-0.25, -0.2) is 0 Å². The molecule has 1 heterocycles. The fourth-order valence-electron chi connectivity index (χ4n) is 0.587. The van der Waals surface area contributed by atoms with Crippen LogP contribution in [0.3, 0.4) is 0 Å². The van der Waals surface area contributed by atoms with Crippen LogP contribution in [0, 0.1) is 0 Å². The molecular formula is C8H12FNOS. The largest absolute Gasteiger partial charge is 0.295 e. The van der Waals surface area contributed by atoms with E-state index in [2.05, 4.69) is 4.98 Å². The molecule has 0 aromatic carbocycles. The Morgan fingerprint density at radius 2 is 1.75 bits per heavy atom. The van der Waals surface area contributed by atoms with Crippen molar-refractivity contribution in [2.45, 2.75) is 6.92 Å². The fraction of sp³-hybridized carbons (Fsp3) is 0.250. The number of hydrogen-bond acceptors (Lipinski definition) is 2. The third-order valence-electron chi connectivity index (χ3n) is 1.09. The van der Waals surface area contributed by atoms with Gasteiger partial charge in [-0.05, 0) is 19.1 Å². The minimum absolute atomic E-state index is 0. The lowest BCUT2D eigenvalue weighted by atomic mass is 10.2. The molecule has 0 atom stereocenters. The van der Waals surface area contributed by atoms with E-state index in [-0.39, 0.29) is 19.3 Å². The number of alkyl halides is 1. The third-order valence-corrected chi connectivity index (χ3v) is 1.09. The summed E-state index contributed by atoms with van der Waals surface area (Å²) in [6, 6.07) is 3.39. The maximum atomic E-state index is 10.6. The van der Waals surface area contributed by atoms with E-state index >= 15 is 0 Å². The number of pyridine rings is 1. The molecule has 1 rings (SSSR count). The first-order chi connectivity index (χ1) is 5.30. The second-order valence-corrected chi connectivity index (χ2v) is 1.79. The molecule has 0 aliphatic heterocycles. The van der Waals surface area contributed by atoms with Crippen LogP contribution in [0.4, 0.5) is 4.39 Å². The lowest BCUT2D eigenvalue weighted by molar-refractivity contribution is 0.101. The summed E-state index contributed by atoms with van der Waals surface area (Å²) in [5.74, 6) is 0.0809. The summed E-state index contributed by atoms with van der Waals surface area (Å²) in [4.78, 5) is 14.4. The molecule has 1 aromatic rings. The third kappa shape index (κ3) is 4.85. The number of halogens is 1. The highest BCUT2D eigenvalue weighted by atomic mass is 32.1. The van der Waals surface area contributed by atoms with E-state index in [4.69, 9.17) is 0 Å². The predicted octanol–water partition coefficient (Wildman–Crippen LogP) is 1.98. The summed E-state index contributed by atoms with van der Waals surface area (Å²) in [5, 5.41) is 0. The molecular weight excluding hydrogens is 177 g/mol. The van der Waals surface area contributed by atoms with Gasteiger partial charge in [-0.1, -0.05) is 0 Å². The number of hydrogen-bond donors (Lipinski definition) is 0. The standard InChI is InChI=1S/C7H7NO.CH3F.H2S/c1-6(9)7-2-4-8-5-3-7;1-2;/h2-5H,1H3;1H3;1H2. The van der Waals surface area contributed by atoms with Crippen LogP contribution in [0.2, 0.25) is 0 Å². The van der Waals surface area contributed by atoms with Crippen molar-refractivity contribution in [3.8, 4) is 0 Å². The first-order valence-electron chi connectivity index (χ1n) is 3.09. The Labute approximate surface area is 78.3 Å². The summed E-state index contributed by atoms with van der Waals surface area (Å²) in [6.45, 7) is 1.54. The van der Waals surface area contributed by atoms with Gasteiger partial charge in [0.05, 0.1) is 7.18 Å². The van der Waals surface area contributed by atoms with Gasteiger partial charge in [0, 0.05) is 18.0 Å². The van der Waals surface area contributed by atoms with E-state index in [1.54, 1.807) is 24.5 Å². The Balaban J connectivity index is 0. The minimum Gasteiger partial charge on any atom is -0.295 e. The van der Waals surface area contributed by atoms with E-state index in [9.17, 15) is 9.18 Å². The molecule has 0 N–H and O–H groups in total. The van der Waals surface area contributed by atoms with E-state index in [0.717, 1.165) is 0 Å². The summed E-state index contributed by atoms with van der Waals surface area (Å²) in [6.07, 6.45) is 3.22. The van der Waals surface area contributed by atoms with Crippen molar-refractivity contribution >= 4 is 19.3 Å². The number of rotatable bonds is 1. The summed E-state index contributed by atoms with van der Waals surface area (Å²) >= 11 is 0. The highest BCUT2D eigenvalue weighted by Crippen LogP contribution is 1.95. The number of ketones is 1. The molecule has 0 spiro atoms. The predicted molar refractivity (Wildman–Crippen MR) is 51.7 cm³/mol. The normalized spacial score (nSPS) is 7.25.